The molecule has 5 aromatic carbocycles. The van der Waals surface area contributed by atoms with Crippen LogP contribution in [-0.2, 0) is 6.61 Å². The van der Waals surface area contributed by atoms with Crippen LogP contribution >= 0.6 is 6.89 Å². The topological polar surface area (TPSA) is 35.5 Å². The third-order valence-electron chi connectivity index (χ3n) is 6.50. The summed E-state index contributed by atoms with van der Waals surface area (Å²) in [5, 5.41) is 3.43. The average molecular weight is 517 g/mol. The zero-order chi connectivity index (χ0) is 26.2. The number of hydrogen-bond acceptors (Lipinski definition) is 3. The van der Waals surface area contributed by atoms with Crippen molar-refractivity contribution in [3.63, 3.8) is 0 Å². The van der Waals surface area contributed by atoms with E-state index < -0.39 is 6.89 Å². The molecule has 0 saturated carbocycles. The summed E-state index contributed by atoms with van der Waals surface area (Å²) in [4.78, 5) is 13.9. The number of Topliss-reactive ketones (excluding diaryl/α,β-unsaturated/α-hetero) is 1. The molecule has 0 heterocycles. The molecule has 188 valence electrons. The van der Waals surface area contributed by atoms with Crippen LogP contribution in [0.15, 0.2) is 140 Å². The molecule has 0 spiro atoms. The van der Waals surface area contributed by atoms with Crippen LogP contribution in [0, 0.1) is 0 Å². The van der Waals surface area contributed by atoms with Crippen molar-refractivity contribution in [1.29, 1.82) is 0 Å². The molecule has 0 unspecified atom stereocenters. The summed E-state index contributed by atoms with van der Waals surface area (Å²) in [5.41, 5.74) is 1.68. The lowest BCUT2D eigenvalue weighted by Gasteiger charge is -2.28. The molecule has 0 aliphatic carbocycles. The van der Waals surface area contributed by atoms with Crippen LogP contribution in [0.2, 0.25) is 0 Å². The minimum absolute atomic E-state index is 0.00315. The van der Waals surface area contributed by atoms with Crippen molar-refractivity contribution >= 4 is 34.4 Å². The molecule has 0 aromatic heterocycles. The number of carbonyl (C=O) groups is 1. The lowest BCUT2D eigenvalue weighted by Crippen LogP contribution is -2.28. The molecule has 0 fully saturated rings. The first-order valence-corrected chi connectivity index (χ1v) is 14.4. The monoisotopic (exact) mass is 516 g/mol. The fourth-order valence-electron chi connectivity index (χ4n) is 4.51. The number of ketones is 1. The van der Waals surface area contributed by atoms with Crippen LogP contribution in [0.3, 0.4) is 0 Å². The Morgan fingerprint density at radius 2 is 1.05 bits per heavy atom. The lowest BCUT2D eigenvalue weighted by atomic mass is 10.1. The van der Waals surface area contributed by atoms with Gasteiger partial charge in [-0.05, 0) is 70.6 Å². The molecule has 0 aliphatic heterocycles. The van der Waals surface area contributed by atoms with Gasteiger partial charge in [0.15, 0.2) is 5.78 Å². The van der Waals surface area contributed by atoms with Crippen molar-refractivity contribution in [3.05, 3.63) is 151 Å². The molecule has 5 aromatic rings. The van der Waals surface area contributed by atoms with Gasteiger partial charge in [-0.1, -0.05) is 103 Å². The second-order valence-corrected chi connectivity index (χ2v) is 12.1. The Balaban J connectivity index is 1.50. The van der Waals surface area contributed by atoms with E-state index in [0.29, 0.717) is 17.9 Å². The minimum atomic E-state index is -2.36. The molecular formula is C34H29O3P. The number of rotatable bonds is 9. The molecule has 4 heteroatoms. The van der Waals surface area contributed by atoms with Crippen molar-refractivity contribution in [2.45, 2.75) is 6.61 Å². The zero-order valence-electron chi connectivity index (χ0n) is 21.2. The molecule has 0 N–H and O–H groups in total. The highest BCUT2D eigenvalue weighted by atomic mass is 31.2. The third kappa shape index (κ3) is 5.49. The van der Waals surface area contributed by atoms with E-state index in [1.54, 1.807) is 7.11 Å². The van der Waals surface area contributed by atoms with Gasteiger partial charge in [0.25, 0.3) is 0 Å². The van der Waals surface area contributed by atoms with Gasteiger partial charge in [0.05, 0.1) is 7.11 Å². The van der Waals surface area contributed by atoms with E-state index in [9.17, 15) is 4.79 Å². The van der Waals surface area contributed by atoms with E-state index in [-0.39, 0.29) is 5.78 Å². The van der Waals surface area contributed by atoms with Crippen molar-refractivity contribution in [1.82, 2.24) is 0 Å². The zero-order valence-corrected chi connectivity index (χ0v) is 22.1. The highest BCUT2D eigenvalue weighted by Gasteiger charge is 2.26. The van der Waals surface area contributed by atoms with Gasteiger partial charge in [0.1, 0.15) is 18.1 Å². The predicted molar refractivity (Wildman–Crippen MR) is 159 cm³/mol. The summed E-state index contributed by atoms with van der Waals surface area (Å²) in [5.74, 6) is 3.48. The largest absolute Gasteiger partial charge is 0.497 e. The first-order chi connectivity index (χ1) is 18.7. The van der Waals surface area contributed by atoms with E-state index in [1.165, 1.54) is 0 Å². The molecule has 0 amide bonds. The van der Waals surface area contributed by atoms with Gasteiger partial charge in [0.2, 0.25) is 0 Å². The molecule has 0 bridgehead atoms. The first kappa shape index (κ1) is 25.3. The summed E-state index contributed by atoms with van der Waals surface area (Å²) in [6.45, 7) is -1.92. The maximum Gasteiger partial charge on any atom is 0.186 e. The van der Waals surface area contributed by atoms with E-state index in [1.807, 2.05) is 109 Å². The molecular weight excluding hydrogens is 487 g/mol. The maximum absolute atomic E-state index is 13.9. The SMILES string of the molecule is COc1ccc(COc2ccc(C(=O)C=P(c3ccccc3)(c3ccccc3)c3ccccc3)cc2)cc1. The summed E-state index contributed by atoms with van der Waals surface area (Å²) in [6.07, 6.45) is 0. The van der Waals surface area contributed by atoms with Crippen LogP contribution in [0.4, 0.5) is 0 Å². The smallest absolute Gasteiger partial charge is 0.186 e. The van der Waals surface area contributed by atoms with Gasteiger partial charge >= 0.3 is 0 Å². The lowest BCUT2D eigenvalue weighted by molar-refractivity contribution is 0.107. The molecule has 0 saturated heterocycles. The van der Waals surface area contributed by atoms with Gasteiger partial charge < -0.3 is 9.47 Å². The molecule has 3 nitrogen and oxygen atoms in total. The van der Waals surface area contributed by atoms with E-state index in [0.717, 1.165) is 27.2 Å². The highest BCUT2D eigenvalue weighted by molar-refractivity contribution is 7.95. The Kier molecular flexibility index (Phi) is 7.87. The molecule has 38 heavy (non-hydrogen) atoms. The second-order valence-electron chi connectivity index (χ2n) is 8.88. The van der Waals surface area contributed by atoms with E-state index in [4.69, 9.17) is 9.47 Å². The number of benzene rings is 5. The van der Waals surface area contributed by atoms with Gasteiger partial charge in [-0.15, -0.1) is 0 Å². The Morgan fingerprint density at radius 3 is 1.50 bits per heavy atom. The van der Waals surface area contributed by atoms with Crippen LogP contribution in [0.5, 0.6) is 11.5 Å². The minimum Gasteiger partial charge on any atom is -0.497 e. The van der Waals surface area contributed by atoms with Crippen molar-refractivity contribution < 1.29 is 14.3 Å². The van der Waals surface area contributed by atoms with Crippen molar-refractivity contribution in [3.8, 4) is 11.5 Å². The van der Waals surface area contributed by atoms with Crippen LogP contribution in [0.25, 0.3) is 0 Å². The summed E-state index contributed by atoms with van der Waals surface area (Å²) in [7, 11) is 1.65. The maximum atomic E-state index is 13.9. The Bertz CT molecular complexity index is 1420. The summed E-state index contributed by atoms with van der Waals surface area (Å²) in [6, 6.07) is 46.3. The summed E-state index contributed by atoms with van der Waals surface area (Å²) < 4.78 is 11.2. The predicted octanol–water partition coefficient (Wildman–Crippen LogP) is 6.25. The molecule has 0 aliphatic rings. The molecule has 0 radical (unpaired) electrons. The third-order valence-corrected chi connectivity index (χ3v) is 10.5. The van der Waals surface area contributed by atoms with Gasteiger partial charge in [-0.25, -0.2) is 0 Å². The fourth-order valence-corrected chi connectivity index (χ4v) is 8.28. The first-order valence-electron chi connectivity index (χ1n) is 12.5. The average Bonchev–Trinajstić information content (AvgIpc) is 3.00. The van der Waals surface area contributed by atoms with Gasteiger partial charge in [-0.3, -0.25) is 4.79 Å². The summed E-state index contributed by atoms with van der Waals surface area (Å²) >= 11 is 0. The quantitative estimate of drug-likeness (QED) is 0.172. The van der Waals surface area contributed by atoms with Crippen LogP contribution < -0.4 is 25.4 Å². The fraction of sp³-hybridized carbons (Fsp3) is 0.0588. The Hall–Kier alpha value is -4.33. The Labute approximate surface area is 224 Å². The van der Waals surface area contributed by atoms with E-state index >= 15 is 0 Å². The van der Waals surface area contributed by atoms with Crippen molar-refractivity contribution in [2.75, 3.05) is 7.11 Å². The van der Waals surface area contributed by atoms with Crippen LogP contribution in [0.1, 0.15) is 15.9 Å². The number of ether oxygens (including phenoxy) is 2. The number of hydrogen-bond donors (Lipinski definition) is 0. The van der Waals surface area contributed by atoms with Crippen LogP contribution in [-0.4, -0.2) is 18.7 Å². The van der Waals surface area contributed by atoms with Crippen molar-refractivity contribution in [2.24, 2.45) is 0 Å². The number of methoxy groups -OCH3 is 1. The Morgan fingerprint density at radius 1 is 0.605 bits per heavy atom. The second kappa shape index (κ2) is 11.8. The normalized spacial score (nSPS) is 11.0. The standard InChI is InChI=1S/C34H29O3P/c1-36-29-21-17-27(18-22-29)25-37-30-23-19-28(20-24-30)34(35)26-38(31-11-5-2-6-12-31,32-13-7-3-8-14-32)33-15-9-4-10-16-33/h2-24,26H,25H2,1H3. The molecule has 0 atom stereocenters. The molecule has 5 rings (SSSR count). The van der Waals surface area contributed by atoms with E-state index in [2.05, 4.69) is 36.4 Å². The highest BCUT2D eigenvalue weighted by Crippen LogP contribution is 2.43. The number of carbonyl (C=O) groups excluding carboxylic acids is 1. The van der Waals surface area contributed by atoms with Gasteiger partial charge in [-0.2, -0.15) is 0 Å². The van der Waals surface area contributed by atoms with Gasteiger partial charge in [0, 0.05) is 5.56 Å².